The summed E-state index contributed by atoms with van der Waals surface area (Å²) in [6, 6.07) is 20.2. The molecule has 7 heteroatoms. The number of likely N-dealkylation sites (tertiary alicyclic amines) is 1. The molecule has 2 atom stereocenters. The van der Waals surface area contributed by atoms with E-state index < -0.39 is 0 Å². The zero-order valence-corrected chi connectivity index (χ0v) is 21.0. The third kappa shape index (κ3) is 5.14. The Morgan fingerprint density at radius 3 is 2.50 bits per heavy atom. The fourth-order valence-corrected chi connectivity index (χ4v) is 5.48. The molecule has 3 aromatic rings. The van der Waals surface area contributed by atoms with Crippen LogP contribution in [0.25, 0.3) is 0 Å². The van der Waals surface area contributed by atoms with Gasteiger partial charge in [0.05, 0.1) is 29.7 Å². The second-order valence-electron chi connectivity index (χ2n) is 9.87. The SMILES string of the molecule is C[C@H](c1ccc(C#N)cc1)n1cncc1CN1CCN(c2ccccc2)C(C(=O)N2CCCCC2)C1. The van der Waals surface area contributed by atoms with E-state index in [2.05, 4.69) is 49.4 Å². The molecule has 2 fully saturated rings. The van der Waals surface area contributed by atoms with Crippen molar-refractivity contribution in [2.75, 3.05) is 37.6 Å². The Morgan fingerprint density at radius 2 is 1.78 bits per heavy atom. The van der Waals surface area contributed by atoms with E-state index in [-0.39, 0.29) is 18.0 Å². The largest absolute Gasteiger partial charge is 0.357 e. The van der Waals surface area contributed by atoms with E-state index in [0.29, 0.717) is 12.1 Å². The molecule has 186 valence electrons. The first-order chi connectivity index (χ1) is 17.6. The number of piperazine rings is 1. The van der Waals surface area contributed by atoms with E-state index in [4.69, 9.17) is 5.26 Å². The van der Waals surface area contributed by atoms with E-state index in [1.165, 1.54) is 6.42 Å². The smallest absolute Gasteiger partial charge is 0.246 e. The summed E-state index contributed by atoms with van der Waals surface area (Å²) >= 11 is 0. The normalized spacial score (nSPS) is 19.6. The van der Waals surface area contributed by atoms with Gasteiger partial charge in [-0.2, -0.15) is 5.26 Å². The van der Waals surface area contributed by atoms with Crippen molar-refractivity contribution >= 4 is 11.6 Å². The molecule has 0 radical (unpaired) electrons. The summed E-state index contributed by atoms with van der Waals surface area (Å²) in [7, 11) is 0. The number of rotatable bonds is 6. The van der Waals surface area contributed by atoms with Gasteiger partial charge in [0.25, 0.3) is 0 Å². The van der Waals surface area contributed by atoms with Crippen molar-refractivity contribution in [3.8, 4) is 6.07 Å². The number of para-hydroxylation sites is 1. The lowest BCUT2D eigenvalue weighted by Crippen LogP contribution is -2.60. The highest BCUT2D eigenvalue weighted by molar-refractivity contribution is 5.86. The number of imidazole rings is 1. The maximum atomic E-state index is 13.7. The Hall–Kier alpha value is -3.63. The number of anilines is 1. The van der Waals surface area contributed by atoms with Gasteiger partial charge in [-0.1, -0.05) is 30.3 Å². The quantitative estimate of drug-likeness (QED) is 0.530. The third-order valence-corrected chi connectivity index (χ3v) is 7.58. The van der Waals surface area contributed by atoms with Crippen LogP contribution in [0.4, 0.5) is 5.69 Å². The summed E-state index contributed by atoms with van der Waals surface area (Å²) < 4.78 is 2.20. The Balaban J connectivity index is 1.34. The average Bonchev–Trinajstić information content (AvgIpc) is 3.41. The number of nitriles is 1. The lowest BCUT2D eigenvalue weighted by Gasteiger charge is -2.44. The standard InChI is InChI=1S/C29H34N6O/c1-23(25-12-10-24(18-30)11-13-25)35-22-31-19-27(35)20-32-16-17-34(26-8-4-2-5-9-26)28(21-32)29(36)33-14-6-3-7-15-33/h2,4-5,8-13,19,22-23,28H,3,6-7,14-17,20-21H2,1H3/t23-,28?/m1/s1. The Labute approximate surface area is 213 Å². The summed E-state index contributed by atoms with van der Waals surface area (Å²) in [5, 5.41) is 9.11. The van der Waals surface area contributed by atoms with E-state index in [0.717, 1.165) is 62.5 Å². The van der Waals surface area contributed by atoms with Gasteiger partial charge in [0.2, 0.25) is 5.91 Å². The molecule has 2 aliphatic heterocycles. The maximum absolute atomic E-state index is 13.7. The summed E-state index contributed by atoms with van der Waals surface area (Å²) in [5.74, 6) is 0.253. The predicted molar refractivity (Wildman–Crippen MR) is 140 cm³/mol. The van der Waals surface area contributed by atoms with E-state index >= 15 is 0 Å². The summed E-state index contributed by atoms with van der Waals surface area (Å²) in [5.41, 5.74) is 4.05. The Morgan fingerprint density at radius 1 is 1.03 bits per heavy atom. The van der Waals surface area contributed by atoms with Gasteiger partial charge in [-0.05, 0) is 56.0 Å². The van der Waals surface area contributed by atoms with Gasteiger partial charge in [0.15, 0.2) is 0 Å². The number of piperidine rings is 1. The number of hydrogen-bond acceptors (Lipinski definition) is 5. The number of aromatic nitrogens is 2. The van der Waals surface area contributed by atoms with Crippen molar-refractivity contribution < 1.29 is 4.79 Å². The number of hydrogen-bond donors (Lipinski definition) is 0. The monoisotopic (exact) mass is 482 g/mol. The molecule has 0 aliphatic carbocycles. The van der Waals surface area contributed by atoms with Crippen LogP contribution in [0.2, 0.25) is 0 Å². The van der Waals surface area contributed by atoms with Crippen LogP contribution in [0.5, 0.6) is 0 Å². The highest BCUT2D eigenvalue weighted by Crippen LogP contribution is 2.25. The van der Waals surface area contributed by atoms with Crippen LogP contribution in [0.1, 0.15) is 49.0 Å². The molecule has 1 unspecified atom stereocenters. The molecule has 0 N–H and O–H groups in total. The minimum atomic E-state index is -0.188. The molecular weight excluding hydrogens is 448 g/mol. The van der Waals surface area contributed by atoms with Crippen LogP contribution < -0.4 is 4.90 Å². The van der Waals surface area contributed by atoms with Gasteiger partial charge in [0.1, 0.15) is 6.04 Å². The number of benzene rings is 2. The summed E-state index contributed by atoms with van der Waals surface area (Å²) in [6.07, 6.45) is 7.23. The van der Waals surface area contributed by atoms with Gasteiger partial charge in [0, 0.05) is 51.2 Å². The lowest BCUT2D eigenvalue weighted by atomic mass is 10.0. The molecule has 0 saturated carbocycles. The molecule has 2 saturated heterocycles. The topological polar surface area (TPSA) is 68.4 Å². The minimum absolute atomic E-state index is 0.103. The van der Waals surface area contributed by atoms with Crippen LogP contribution in [0.15, 0.2) is 67.1 Å². The van der Waals surface area contributed by atoms with Crippen molar-refractivity contribution in [1.29, 1.82) is 5.26 Å². The fraction of sp³-hybridized carbons (Fsp3) is 0.414. The van der Waals surface area contributed by atoms with Gasteiger partial charge >= 0.3 is 0 Å². The highest BCUT2D eigenvalue weighted by atomic mass is 16.2. The molecule has 2 aromatic carbocycles. The molecule has 1 amide bonds. The number of carbonyl (C=O) groups is 1. The van der Waals surface area contributed by atoms with Gasteiger partial charge in [-0.25, -0.2) is 4.98 Å². The molecule has 7 nitrogen and oxygen atoms in total. The summed E-state index contributed by atoms with van der Waals surface area (Å²) in [6.45, 7) is 7.03. The first kappa shape index (κ1) is 24.1. The molecule has 1 aromatic heterocycles. The van der Waals surface area contributed by atoms with Crippen LogP contribution >= 0.6 is 0 Å². The van der Waals surface area contributed by atoms with Crippen LogP contribution in [0.3, 0.4) is 0 Å². The second-order valence-corrected chi connectivity index (χ2v) is 9.87. The predicted octanol–water partition coefficient (Wildman–Crippen LogP) is 4.07. The fourth-order valence-electron chi connectivity index (χ4n) is 5.48. The molecular formula is C29H34N6O. The Bertz CT molecular complexity index is 1190. The van der Waals surface area contributed by atoms with Crippen molar-refractivity contribution in [1.82, 2.24) is 19.4 Å². The molecule has 5 rings (SSSR count). The van der Waals surface area contributed by atoms with Gasteiger partial charge in [-0.3, -0.25) is 9.69 Å². The van der Waals surface area contributed by atoms with Crippen molar-refractivity contribution in [3.63, 3.8) is 0 Å². The average molecular weight is 483 g/mol. The number of carbonyl (C=O) groups excluding carboxylic acids is 1. The van der Waals surface area contributed by atoms with Gasteiger partial charge < -0.3 is 14.4 Å². The minimum Gasteiger partial charge on any atom is -0.357 e. The number of nitrogens with zero attached hydrogens (tertiary/aromatic N) is 6. The molecule has 3 heterocycles. The van der Waals surface area contributed by atoms with Crippen molar-refractivity contribution in [2.24, 2.45) is 0 Å². The molecule has 36 heavy (non-hydrogen) atoms. The van der Waals surface area contributed by atoms with Gasteiger partial charge in [-0.15, -0.1) is 0 Å². The second kappa shape index (κ2) is 11.0. The van der Waals surface area contributed by atoms with Crippen LogP contribution in [0, 0.1) is 11.3 Å². The first-order valence-corrected chi connectivity index (χ1v) is 13.0. The maximum Gasteiger partial charge on any atom is 0.246 e. The first-order valence-electron chi connectivity index (χ1n) is 13.0. The highest BCUT2D eigenvalue weighted by Gasteiger charge is 2.35. The van der Waals surface area contributed by atoms with E-state index in [1.54, 1.807) is 0 Å². The lowest BCUT2D eigenvalue weighted by molar-refractivity contribution is -0.134. The zero-order chi connectivity index (χ0) is 24.9. The summed E-state index contributed by atoms with van der Waals surface area (Å²) in [4.78, 5) is 24.9. The van der Waals surface area contributed by atoms with E-state index in [1.807, 2.05) is 55.0 Å². The molecule has 2 aliphatic rings. The number of amides is 1. The van der Waals surface area contributed by atoms with Crippen LogP contribution in [-0.2, 0) is 11.3 Å². The Kier molecular flexibility index (Phi) is 7.33. The molecule has 0 spiro atoms. The van der Waals surface area contributed by atoms with E-state index in [9.17, 15) is 4.79 Å². The zero-order valence-electron chi connectivity index (χ0n) is 21.0. The van der Waals surface area contributed by atoms with Crippen molar-refractivity contribution in [2.45, 2.75) is 44.8 Å². The van der Waals surface area contributed by atoms with Crippen LogP contribution in [-0.4, -0.2) is 64.0 Å². The molecule has 0 bridgehead atoms. The van der Waals surface area contributed by atoms with Crippen molar-refractivity contribution in [3.05, 3.63) is 83.9 Å². The third-order valence-electron chi connectivity index (χ3n) is 7.58.